The van der Waals surface area contributed by atoms with Crippen molar-refractivity contribution in [3.63, 3.8) is 0 Å². The molecule has 0 aromatic carbocycles. The monoisotopic (exact) mass is 268 g/mol. The lowest BCUT2D eigenvalue weighted by Crippen LogP contribution is -2.27. The summed E-state index contributed by atoms with van der Waals surface area (Å²) in [7, 11) is 0. The van der Waals surface area contributed by atoms with Crippen LogP contribution in [0.2, 0.25) is 0 Å². The van der Waals surface area contributed by atoms with Crippen molar-refractivity contribution in [1.82, 2.24) is 5.32 Å². The lowest BCUT2D eigenvalue weighted by Gasteiger charge is -2.15. The Hall–Kier alpha value is -0.870. The van der Waals surface area contributed by atoms with Gasteiger partial charge in [-0.1, -0.05) is 6.92 Å². The fraction of sp³-hybridized carbons (Fsp3) is 0.643. The standard InChI is InChI=1S/C14H24N2OS/c1-9(8-15)5-6-14(17)16-11(3)13-7-10(2)18-12(13)4/h7,9,11H,5-6,8,15H2,1-4H3,(H,16,17). The summed E-state index contributed by atoms with van der Waals surface area (Å²) in [6.45, 7) is 8.96. The molecule has 18 heavy (non-hydrogen) atoms. The van der Waals surface area contributed by atoms with Crippen molar-refractivity contribution >= 4 is 17.2 Å². The van der Waals surface area contributed by atoms with Gasteiger partial charge in [0.05, 0.1) is 6.04 Å². The lowest BCUT2D eigenvalue weighted by atomic mass is 10.0. The Balaban J connectivity index is 2.47. The lowest BCUT2D eigenvalue weighted by molar-refractivity contribution is -0.122. The van der Waals surface area contributed by atoms with Crippen LogP contribution in [0.25, 0.3) is 0 Å². The van der Waals surface area contributed by atoms with Gasteiger partial charge in [-0.2, -0.15) is 0 Å². The predicted molar refractivity (Wildman–Crippen MR) is 77.8 cm³/mol. The third-order valence-electron chi connectivity index (χ3n) is 3.19. The summed E-state index contributed by atoms with van der Waals surface area (Å²) in [4.78, 5) is 14.4. The molecule has 0 aliphatic rings. The van der Waals surface area contributed by atoms with Crippen molar-refractivity contribution in [2.75, 3.05) is 6.54 Å². The molecule has 0 radical (unpaired) electrons. The van der Waals surface area contributed by atoms with E-state index in [2.05, 4.69) is 32.2 Å². The SMILES string of the molecule is Cc1cc(C(C)NC(=O)CCC(C)CN)c(C)s1. The highest BCUT2D eigenvalue weighted by Crippen LogP contribution is 2.26. The van der Waals surface area contributed by atoms with E-state index in [0.717, 1.165) is 6.42 Å². The molecule has 3 nitrogen and oxygen atoms in total. The Kier molecular flexibility index (Phi) is 5.82. The van der Waals surface area contributed by atoms with Crippen LogP contribution >= 0.6 is 11.3 Å². The first-order valence-electron chi connectivity index (χ1n) is 6.50. The van der Waals surface area contributed by atoms with Crippen molar-refractivity contribution in [1.29, 1.82) is 0 Å². The number of amides is 1. The van der Waals surface area contributed by atoms with Gasteiger partial charge in [-0.25, -0.2) is 0 Å². The van der Waals surface area contributed by atoms with Crippen LogP contribution in [0, 0.1) is 19.8 Å². The van der Waals surface area contributed by atoms with Crippen LogP contribution in [0.1, 0.15) is 48.0 Å². The van der Waals surface area contributed by atoms with E-state index in [4.69, 9.17) is 5.73 Å². The van der Waals surface area contributed by atoms with E-state index in [1.807, 2.05) is 6.92 Å². The molecule has 3 N–H and O–H groups in total. The number of rotatable bonds is 6. The number of carbonyl (C=O) groups excluding carboxylic acids is 1. The topological polar surface area (TPSA) is 55.1 Å². The van der Waals surface area contributed by atoms with Gasteiger partial charge in [0.25, 0.3) is 0 Å². The smallest absolute Gasteiger partial charge is 0.220 e. The van der Waals surface area contributed by atoms with Gasteiger partial charge in [-0.15, -0.1) is 11.3 Å². The number of nitrogens with two attached hydrogens (primary N) is 1. The molecule has 0 saturated heterocycles. The molecule has 4 heteroatoms. The van der Waals surface area contributed by atoms with Crippen LogP contribution in [0.3, 0.4) is 0 Å². The van der Waals surface area contributed by atoms with Gasteiger partial charge in [0.1, 0.15) is 0 Å². The molecular formula is C14H24N2OS. The van der Waals surface area contributed by atoms with E-state index in [9.17, 15) is 4.79 Å². The minimum Gasteiger partial charge on any atom is -0.350 e. The van der Waals surface area contributed by atoms with E-state index >= 15 is 0 Å². The Bertz CT molecular complexity index is 400. The Labute approximate surface area is 114 Å². The Morgan fingerprint density at radius 1 is 1.44 bits per heavy atom. The molecule has 2 unspecified atom stereocenters. The summed E-state index contributed by atoms with van der Waals surface area (Å²) < 4.78 is 0. The van der Waals surface area contributed by atoms with Gasteiger partial charge in [0.15, 0.2) is 0 Å². The van der Waals surface area contributed by atoms with E-state index in [-0.39, 0.29) is 11.9 Å². The average Bonchev–Trinajstić information content (AvgIpc) is 2.65. The molecule has 1 aromatic heterocycles. The van der Waals surface area contributed by atoms with Crippen LogP contribution in [0.5, 0.6) is 0 Å². The highest BCUT2D eigenvalue weighted by atomic mass is 32.1. The molecule has 0 aliphatic heterocycles. The number of nitrogens with one attached hydrogen (secondary N) is 1. The van der Waals surface area contributed by atoms with Crippen LogP contribution in [-0.2, 0) is 4.79 Å². The maximum Gasteiger partial charge on any atom is 0.220 e. The van der Waals surface area contributed by atoms with Gasteiger partial charge >= 0.3 is 0 Å². The highest BCUT2D eigenvalue weighted by molar-refractivity contribution is 7.12. The maximum absolute atomic E-state index is 11.8. The first kappa shape index (κ1) is 15.2. The number of carbonyl (C=O) groups is 1. The van der Waals surface area contributed by atoms with Crippen molar-refractivity contribution in [3.8, 4) is 0 Å². The number of hydrogen-bond acceptors (Lipinski definition) is 3. The fourth-order valence-electron chi connectivity index (χ4n) is 1.97. The van der Waals surface area contributed by atoms with Crippen LogP contribution in [-0.4, -0.2) is 12.5 Å². The van der Waals surface area contributed by atoms with Crippen molar-refractivity contribution in [2.45, 2.75) is 46.6 Å². The fourth-order valence-corrected chi connectivity index (χ4v) is 2.99. The van der Waals surface area contributed by atoms with Gasteiger partial charge in [-0.3, -0.25) is 4.79 Å². The molecule has 1 aromatic rings. The van der Waals surface area contributed by atoms with Gasteiger partial charge in [0, 0.05) is 16.2 Å². The van der Waals surface area contributed by atoms with Crippen molar-refractivity contribution in [2.24, 2.45) is 11.7 Å². The van der Waals surface area contributed by atoms with E-state index in [1.165, 1.54) is 15.3 Å². The average molecular weight is 268 g/mol. The highest BCUT2D eigenvalue weighted by Gasteiger charge is 2.14. The van der Waals surface area contributed by atoms with Gasteiger partial charge in [0.2, 0.25) is 5.91 Å². The third-order valence-corrected chi connectivity index (χ3v) is 4.17. The molecule has 0 fully saturated rings. The van der Waals surface area contributed by atoms with Crippen LogP contribution in [0.4, 0.5) is 0 Å². The summed E-state index contributed by atoms with van der Waals surface area (Å²) in [5.41, 5.74) is 6.78. The normalized spacial score (nSPS) is 14.3. The molecule has 0 aliphatic carbocycles. The van der Waals surface area contributed by atoms with E-state index in [0.29, 0.717) is 18.9 Å². The van der Waals surface area contributed by atoms with Crippen molar-refractivity contribution < 1.29 is 4.79 Å². The summed E-state index contributed by atoms with van der Waals surface area (Å²) >= 11 is 1.78. The zero-order valence-electron chi connectivity index (χ0n) is 11.7. The summed E-state index contributed by atoms with van der Waals surface area (Å²) in [5.74, 6) is 0.530. The Morgan fingerprint density at radius 2 is 2.11 bits per heavy atom. The maximum atomic E-state index is 11.8. The second-order valence-corrected chi connectivity index (χ2v) is 6.50. The predicted octanol–water partition coefficient (Wildman–Crippen LogP) is 2.92. The molecule has 0 bridgehead atoms. The number of hydrogen-bond donors (Lipinski definition) is 2. The minimum atomic E-state index is 0.0932. The van der Waals surface area contributed by atoms with Gasteiger partial charge in [-0.05, 0) is 51.3 Å². The van der Waals surface area contributed by atoms with Crippen LogP contribution in [0.15, 0.2) is 6.07 Å². The molecule has 0 saturated carbocycles. The zero-order valence-corrected chi connectivity index (χ0v) is 12.6. The second-order valence-electron chi connectivity index (χ2n) is 5.04. The largest absolute Gasteiger partial charge is 0.350 e. The molecule has 2 atom stereocenters. The van der Waals surface area contributed by atoms with Gasteiger partial charge < -0.3 is 11.1 Å². The number of aryl methyl sites for hydroxylation is 2. The number of thiophene rings is 1. The molecule has 102 valence electrons. The summed E-state index contributed by atoms with van der Waals surface area (Å²) in [5, 5.41) is 3.06. The Morgan fingerprint density at radius 3 is 2.61 bits per heavy atom. The minimum absolute atomic E-state index is 0.0932. The van der Waals surface area contributed by atoms with E-state index in [1.54, 1.807) is 11.3 Å². The quantitative estimate of drug-likeness (QED) is 0.833. The second kappa shape index (κ2) is 6.90. The zero-order chi connectivity index (χ0) is 13.7. The van der Waals surface area contributed by atoms with Crippen LogP contribution < -0.4 is 11.1 Å². The van der Waals surface area contributed by atoms with E-state index < -0.39 is 0 Å². The molecular weight excluding hydrogens is 244 g/mol. The molecule has 1 heterocycles. The molecule has 0 spiro atoms. The molecule has 1 rings (SSSR count). The third kappa shape index (κ3) is 4.42. The first-order chi connectivity index (χ1) is 8.43. The van der Waals surface area contributed by atoms with Crippen molar-refractivity contribution in [3.05, 3.63) is 21.4 Å². The summed E-state index contributed by atoms with van der Waals surface area (Å²) in [6, 6.07) is 2.25. The molecule has 1 amide bonds. The summed E-state index contributed by atoms with van der Waals surface area (Å²) in [6.07, 6.45) is 1.42. The first-order valence-corrected chi connectivity index (χ1v) is 7.32.